The van der Waals surface area contributed by atoms with E-state index in [2.05, 4.69) is 5.32 Å². The Balaban J connectivity index is 1.07. The van der Waals surface area contributed by atoms with Crippen molar-refractivity contribution in [2.45, 2.75) is 110 Å². The molecule has 5 fully saturated rings. The van der Waals surface area contributed by atoms with Crippen LogP contribution in [0.2, 0.25) is 0 Å². The molecule has 11 nitrogen and oxygen atoms in total. The van der Waals surface area contributed by atoms with Gasteiger partial charge in [0.1, 0.15) is 24.5 Å². The van der Waals surface area contributed by atoms with Gasteiger partial charge in [-0.2, -0.15) is 0 Å². The Morgan fingerprint density at radius 1 is 1.09 bits per heavy atom. The van der Waals surface area contributed by atoms with Crippen molar-refractivity contribution >= 4 is 33.9 Å². The van der Waals surface area contributed by atoms with Gasteiger partial charge in [-0.05, 0) is 90.2 Å². The van der Waals surface area contributed by atoms with Crippen LogP contribution in [-0.4, -0.2) is 95.5 Å². The summed E-state index contributed by atoms with van der Waals surface area (Å²) in [5.74, 6) is -3.66. The normalized spacial score (nSPS) is 36.1. The van der Waals surface area contributed by atoms with E-state index in [0.29, 0.717) is 61.4 Å². The number of aryl methyl sites for hydroxylation is 1. The second-order valence-electron chi connectivity index (χ2n) is 18.2. The molecule has 13 heteroatoms. The fourth-order valence-electron chi connectivity index (χ4n) is 12.2. The van der Waals surface area contributed by atoms with Gasteiger partial charge in [0.2, 0.25) is 5.43 Å². The number of pyridine rings is 1. The molecule has 5 aliphatic carbocycles. The molecule has 2 aromatic rings. The zero-order chi connectivity index (χ0) is 41.1. The molecule has 0 radical (unpaired) electrons. The second-order valence-corrected chi connectivity index (χ2v) is 18.2. The standard InChI is InChI=1S/C44H55F2N3O8/c1-22-16-30-29-11-8-26-17-28(50)12-13-41(26,5)43(29,46)32(52)18-42(30,6)44(22,55)33(53)21-57-20-31(51)35-25(4)49(27-9-10-27)37-34(39(35)54)24(3)36(45)38(40(37)56-7)48-15-14-47-23(2)19-48/h12-13,17,22-23,27,29-30,32,47,52,55H,8-11,14-16,18-21H2,1-7H3/t22-,23?,29-,30-,32-,41-,42-,43-,44-/m0/s1. The number of nitrogens with one attached hydrogen (secondary N) is 1. The van der Waals surface area contributed by atoms with E-state index in [1.54, 1.807) is 40.7 Å². The Morgan fingerprint density at radius 2 is 1.81 bits per heavy atom. The number of aromatic nitrogens is 1. The van der Waals surface area contributed by atoms with Gasteiger partial charge in [-0.3, -0.25) is 19.2 Å². The number of Topliss-reactive ketones (excluding diaryl/α,β-unsaturated/α-hetero) is 2. The Hall–Kier alpha value is -3.78. The molecule has 1 saturated heterocycles. The van der Waals surface area contributed by atoms with Crippen molar-refractivity contribution in [3.8, 4) is 5.75 Å². The number of benzene rings is 1. The zero-order valence-corrected chi connectivity index (χ0v) is 34.0. The minimum atomic E-state index is -2.11. The molecule has 57 heavy (non-hydrogen) atoms. The predicted octanol–water partition coefficient (Wildman–Crippen LogP) is 5.02. The zero-order valence-electron chi connectivity index (χ0n) is 34.0. The Morgan fingerprint density at radius 3 is 2.47 bits per heavy atom. The summed E-state index contributed by atoms with van der Waals surface area (Å²) in [5.41, 5.74) is -5.41. The Kier molecular flexibility index (Phi) is 9.58. The van der Waals surface area contributed by atoms with Crippen molar-refractivity contribution < 1.29 is 42.9 Å². The summed E-state index contributed by atoms with van der Waals surface area (Å²) in [4.78, 5) is 56.7. The summed E-state index contributed by atoms with van der Waals surface area (Å²) in [5, 5.41) is 27.5. The van der Waals surface area contributed by atoms with E-state index in [1.807, 2.05) is 16.4 Å². The number of carbonyl (C=O) groups is 3. The van der Waals surface area contributed by atoms with Crippen LogP contribution < -0.4 is 20.4 Å². The number of ketones is 3. The average Bonchev–Trinajstić information content (AvgIpc) is 3.97. The number of alkyl halides is 1. The highest BCUT2D eigenvalue weighted by molar-refractivity contribution is 6.04. The number of halogens is 2. The summed E-state index contributed by atoms with van der Waals surface area (Å²) in [6.45, 7) is 10.9. The van der Waals surface area contributed by atoms with Crippen LogP contribution in [0, 0.1) is 48.2 Å². The van der Waals surface area contributed by atoms with Crippen LogP contribution in [0.4, 0.5) is 14.5 Å². The molecule has 0 spiro atoms. The molecule has 9 atom stereocenters. The van der Waals surface area contributed by atoms with Crippen LogP contribution in [0.5, 0.6) is 5.75 Å². The average molecular weight is 792 g/mol. The van der Waals surface area contributed by atoms with Gasteiger partial charge in [0.15, 0.2) is 34.6 Å². The first-order valence-electron chi connectivity index (χ1n) is 20.5. The van der Waals surface area contributed by atoms with Crippen molar-refractivity contribution in [3.05, 3.63) is 56.7 Å². The molecule has 8 rings (SSSR count). The van der Waals surface area contributed by atoms with E-state index in [4.69, 9.17) is 9.47 Å². The number of anilines is 1. The van der Waals surface area contributed by atoms with Gasteiger partial charge >= 0.3 is 0 Å². The molecule has 308 valence electrons. The third kappa shape index (κ3) is 5.47. The SMILES string of the molecule is COc1c(N2CCNC(C)C2)c(F)c(C)c2c(=O)c(C(=O)COCC(=O)[C@@]3(O)[C@@H](C)C[C@H]4[C@@H]5CCC6=CC(=O)C=C[C@]6(C)[C@@]5(F)[C@@H](O)C[C@@]43C)c(C)n(C3CC3)c12. The van der Waals surface area contributed by atoms with Gasteiger partial charge in [0, 0.05) is 59.7 Å². The summed E-state index contributed by atoms with van der Waals surface area (Å²) in [7, 11) is 1.46. The lowest BCUT2D eigenvalue weighted by atomic mass is 9.44. The maximum Gasteiger partial charge on any atom is 0.201 e. The largest absolute Gasteiger partial charge is 0.492 e. The molecule has 1 aromatic carbocycles. The van der Waals surface area contributed by atoms with Gasteiger partial charge in [-0.25, -0.2) is 8.78 Å². The van der Waals surface area contributed by atoms with Crippen LogP contribution >= 0.6 is 0 Å². The molecule has 1 unspecified atom stereocenters. The van der Waals surface area contributed by atoms with Crippen molar-refractivity contribution in [1.82, 2.24) is 9.88 Å². The minimum absolute atomic E-state index is 0.0256. The number of aliphatic hydroxyl groups is 2. The molecule has 6 aliphatic rings. The van der Waals surface area contributed by atoms with E-state index in [9.17, 15) is 29.4 Å². The van der Waals surface area contributed by atoms with Gasteiger partial charge in [0.05, 0.1) is 29.7 Å². The third-order valence-corrected chi connectivity index (χ3v) is 15.2. The highest BCUT2D eigenvalue weighted by Gasteiger charge is 2.75. The fraction of sp³-hybridized carbons (Fsp3) is 0.636. The molecule has 1 aromatic heterocycles. The molecular weight excluding hydrogens is 736 g/mol. The maximum atomic E-state index is 17.6. The molecule has 4 saturated carbocycles. The highest BCUT2D eigenvalue weighted by atomic mass is 19.1. The van der Waals surface area contributed by atoms with Crippen LogP contribution in [0.25, 0.3) is 10.9 Å². The Labute approximate surface area is 331 Å². The number of piperazine rings is 1. The van der Waals surface area contributed by atoms with E-state index in [1.165, 1.54) is 19.3 Å². The topological polar surface area (TPSA) is 147 Å². The van der Waals surface area contributed by atoms with Crippen LogP contribution in [0.1, 0.15) is 93.9 Å². The van der Waals surface area contributed by atoms with Crippen LogP contribution in [0.15, 0.2) is 28.6 Å². The number of hydrogen-bond acceptors (Lipinski definition) is 10. The summed E-state index contributed by atoms with van der Waals surface area (Å²) >= 11 is 0. The number of rotatable bonds is 9. The smallest absolute Gasteiger partial charge is 0.201 e. The summed E-state index contributed by atoms with van der Waals surface area (Å²) in [6.07, 6.45) is 5.43. The van der Waals surface area contributed by atoms with Crippen molar-refractivity contribution in [1.29, 1.82) is 0 Å². The number of nitrogens with zero attached hydrogens (tertiary/aromatic N) is 2. The molecule has 0 amide bonds. The number of allylic oxidation sites excluding steroid dienone is 4. The van der Waals surface area contributed by atoms with Crippen LogP contribution in [-0.2, 0) is 14.3 Å². The van der Waals surface area contributed by atoms with Gasteiger partial charge < -0.3 is 34.5 Å². The highest BCUT2D eigenvalue weighted by Crippen LogP contribution is 2.70. The first-order valence-corrected chi connectivity index (χ1v) is 20.5. The second kappa shape index (κ2) is 13.6. The van der Waals surface area contributed by atoms with Crippen molar-refractivity contribution in [3.63, 3.8) is 0 Å². The number of hydrogen-bond donors (Lipinski definition) is 3. The third-order valence-electron chi connectivity index (χ3n) is 15.2. The molecule has 2 heterocycles. The van der Waals surface area contributed by atoms with E-state index < -0.39 is 82.0 Å². The maximum absolute atomic E-state index is 17.6. The molecular formula is C44H55F2N3O8. The lowest BCUT2D eigenvalue weighted by molar-refractivity contribution is -0.219. The summed E-state index contributed by atoms with van der Waals surface area (Å²) < 4.78 is 47.6. The van der Waals surface area contributed by atoms with E-state index in [-0.39, 0.29) is 46.6 Å². The van der Waals surface area contributed by atoms with Crippen molar-refractivity contribution in [2.24, 2.45) is 28.6 Å². The molecule has 1 aliphatic heterocycles. The van der Waals surface area contributed by atoms with Gasteiger partial charge in [0.25, 0.3) is 0 Å². The number of ether oxygens (including phenoxy) is 2. The molecule has 0 bridgehead atoms. The number of aliphatic hydroxyl groups excluding tert-OH is 1. The quantitative estimate of drug-likeness (QED) is 0.296. The number of methoxy groups -OCH3 is 1. The first kappa shape index (κ1) is 40.0. The first-order chi connectivity index (χ1) is 26.9. The van der Waals surface area contributed by atoms with E-state index >= 15 is 8.78 Å². The minimum Gasteiger partial charge on any atom is -0.492 e. The predicted molar refractivity (Wildman–Crippen MR) is 210 cm³/mol. The lowest BCUT2D eigenvalue weighted by Gasteiger charge is -2.62. The van der Waals surface area contributed by atoms with E-state index in [0.717, 1.165) is 12.8 Å². The number of fused-ring (bicyclic) bond motifs is 6. The molecule has 3 N–H and O–H groups in total. The fourth-order valence-corrected chi connectivity index (χ4v) is 12.2. The number of carbonyl (C=O) groups excluding carboxylic acids is 3. The van der Waals surface area contributed by atoms with Crippen LogP contribution in [0.3, 0.4) is 0 Å². The van der Waals surface area contributed by atoms with Gasteiger partial charge in [-0.1, -0.05) is 25.5 Å². The summed E-state index contributed by atoms with van der Waals surface area (Å²) in [6, 6.07) is 0.0841. The Bertz CT molecular complexity index is 2210. The van der Waals surface area contributed by atoms with Crippen molar-refractivity contribution in [2.75, 3.05) is 44.9 Å². The van der Waals surface area contributed by atoms with Gasteiger partial charge in [-0.15, -0.1) is 0 Å². The lowest BCUT2D eigenvalue weighted by Crippen LogP contribution is -2.69. The monoisotopic (exact) mass is 791 g/mol.